The van der Waals surface area contributed by atoms with E-state index >= 15 is 0 Å². The molecule has 1 aromatic heterocycles. The van der Waals surface area contributed by atoms with Crippen LogP contribution >= 0.6 is 0 Å². The molecule has 3 heteroatoms. The van der Waals surface area contributed by atoms with Crippen LogP contribution in [0.1, 0.15) is 32.4 Å². The van der Waals surface area contributed by atoms with Crippen LogP contribution < -0.4 is 5.32 Å². The lowest BCUT2D eigenvalue weighted by atomic mass is 10.1. The zero-order chi connectivity index (χ0) is 11.7. The van der Waals surface area contributed by atoms with E-state index in [4.69, 9.17) is 0 Å². The van der Waals surface area contributed by atoms with Gasteiger partial charge in [-0.05, 0) is 30.2 Å². The average molecular weight is 216 g/mol. The third-order valence-electron chi connectivity index (χ3n) is 2.58. The fraction of sp³-hybridized carbons (Fsp3) is 0.308. The SMILES string of the molecule is CC(=O)Nc1ccc2[nH]c(C(C)C)cc2c1. The van der Waals surface area contributed by atoms with Gasteiger partial charge in [0.2, 0.25) is 5.91 Å². The van der Waals surface area contributed by atoms with Crippen molar-refractivity contribution < 1.29 is 4.79 Å². The minimum Gasteiger partial charge on any atom is -0.358 e. The summed E-state index contributed by atoms with van der Waals surface area (Å²) < 4.78 is 0. The number of benzene rings is 1. The second-order valence-electron chi connectivity index (χ2n) is 4.36. The van der Waals surface area contributed by atoms with E-state index in [0.29, 0.717) is 5.92 Å². The van der Waals surface area contributed by atoms with E-state index in [1.54, 1.807) is 0 Å². The number of fused-ring (bicyclic) bond motifs is 1. The van der Waals surface area contributed by atoms with Gasteiger partial charge < -0.3 is 10.3 Å². The van der Waals surface area contributed by atoms with Crippen molar-refractivity contribution in [3.05, 3.63) is 30.0 Å². The highest BCUT2D eigenvalue weighted by atomic mass is 16.1. The van der Waals surface area contributed by atoms with Crippen molar-refractivity contribution in [3.63, 3.8) is 0 Å². The van der Waals surface area contributed by atoms with Crippen molar-refractivity contribution in [2.75, 3.05) is 5.32 Å². The molecule has 0 aliphatic carbocycles. The molecule has 0 spiro atoms. The molecule has 0 bridgehead atoms. The summed E-state index contributed by atoms with van der Waals surface area (Å²) in [5.74, 6) is 0.440. The van der Waals surface area contributed by atoms with Crippen LogP contribution in [0.4, 0.5) is 5.69 Å². The Labute approximate surface area is 94.9 Å². The van der Waals surface area contributed by atoms with Gasteiger partial charge in [0.1, 0.15) is 0 Å². The van der Waals surface area contributed by atoms with Crippen molar-refractivity contribution in [2.45, 2.75) is 26.7 Å². The fourth-order valence-electron chi connectivity index (χ4n) is 1.75. The first-order valence-corrected chi connectivity index (χ1v) is 5.46. The maximum absolute atomic E-state index is 10.9. The third kappa shape index (κ3) is 2.08. The molecule has 3 nitrogen and oxygen atoms in total. The first kappa shape index (κ1) is 10.7. The summed E-state index contributed by atoms with van der Waals surface area (Å²) in [5.41, 5.74) is 3.17. The zero-order valence-corrected chi connectivity index (χ0v) is 9.79. The molecule has 2 N–H and O–H groups in total. The van der Waals surface area contributed by atoms with Crippen LogP contribution in [0.15, 0.2) is 24.3 Å². The number of H-pyrrole nitrogens is 1. The molecule has 16 heavy (non-hydrogen) atoms. The molecule has 0 fully saturated rings. The lowest BCUT2D eigenvalue weighted by Gasteiger charge is -2.00. The van der Waals surface area contributed by atoms with E-state index in [9.17, 15) is 4.79 Å². The topological polar surface area (TPSA) is 44.9 Å². The minimum atomic E-state index is -0.0426. The number of hydrogen-bond acceptors (Lipinski definition) is 1. The molecule has 1 heterocycles. The predicted molar refractivity (Wildman–Crippen MR) is 66.7 cm³/mol. The Morgan fingerprint density at radius 1 is 1.31 bits per heavy atom. The van der Waals surface area contributed by atoms with Gasteiger partial charge in [0, 0.05) is 29.2 Å². The Bertz CT molecular complexity index is 526. The number of anilines is 1. The van der Waals surface area contributed by atoms with Gasteiger partial charge in [-0.25, -0.2) is 0 Å². The summed E-state index contributed by atoms with van der Waals surface area (Å²) >= 11 is 0. The number of aromatic amines is 1. The van der Waals surface area contributed by atoms with Crippen molar-refractivity contribution in [1.82, 2.24) is 4.98 Å². The molecule has 0 radical (unpaired) electrons. The predicted octanol–water partition coefficient (Wildman–Crippen LogP) is 3.25. The molecule has 0 saturated heterocycles. The van der Waals surface area contributed by atoms with Crippen LogP contribution in [0, 0.1) is 0 Å². The molecule has 84 valence electrons. The van der Waals surface area contributed by atoms with Crippen molar-refractivity contribution in [3.8, 4) is 0 Å². The Hall–Kier alpha value is -1.77. The number of rotatable bonds is 2. The summed E-state index contributed by atoms with van der Waals surface area (Å²) in [6.45, 7) is 5.82. The second-order valence-corrected chi connectivity index (χ2v) is 4.36. The number of aromatic nitrogens is 1. The Balaban J connectivity index is 2.41. The molecule has 0 saturated carbocycles. The van der Waals surface area contributed by atoms with E-state index in [2.05, 4.69) is 30.2 Å². The number of carbonyl (C=O) groups excluding carboxylic acids is 1. The van der Waals surface area contributed by atoms with Gasteiger partial charge >= 0.3 is 0 Å². The second kappa shape index (κ2) is 4.00. The molecular weight excluding hydrogens is 200 g/mol. The summed E-state index contributed by atoms with van der Waals surface area (Å²) in [6.07, 6.45) is 0. The van der Waals surface area contributed by atoms with Gasteiger partial charge in [0.25, 0.3) is 0 Å². The number of nitrogens with one attached hydrogen (secondary N) is 2. The standard InChI is InChI=1S/C13H16N2O/c1-8(2)13-7-10-6-11(14-9(3)16)4-5-12(10)15-13/h4-8,15H,1-3H3,(H,14,16). The highest BCUT2D eigenvalue weighted by Crippen LogP contribution is 2.23. The van der Waals surface area contributed by atoms with Gasteiger partial charge in [-0.2, -0.15) is 0 Å². The summed E-state index contributed by atoms with van der Waals surface area (Å²) in [6, 6.07) is 8.02. The molecular formula is C13H16N2O. The fourth-order valence-corrected chi connectivity index (χ4v) is 1.75. The van der Waals surface area contributed by atoms with Crippen LogP contribution in [-0.2, 0) is 4.79 Å². The highest BCUT2D eigenvalue weighted by molar-refractivity contribution is 5.92. The van der Waals surface area contributed by atoms with Gasteiger partial charge in [0.05, 0.1) is 0 Å². The number of amides is 1. The van der Waals surface area contributed by atoms with Gasteiger partial charge in [0.15, 0.2) is 0 Å². The maximum atomic E-state index is 10.9. The number of carbonyl (C=O) groups is 1. The van der Waals surface area contributed by atoms with Crippen molar-refractivity contribution >= 4 is 22.5 Å². The van der Waals surface area contributed by atoms with Crippen LogP contribution in [0.2, 0.25) is 0 Å². The maximum Gasteiger partial charge on any atom is 0.221 e. The molecule has 1 amide bonds. The number of hydrogen-bond donors (Lipinski definition) is 2. The van der Waals surface area contributed by atoms with Crippen molar-refractivity contribution in [1.29, 1.82) is 0 Å². The first-order valence-electron chi connectivity index (χ1n) is 5.46. The monoisotopic (exact) mass is 216 g/mol. The van der Waals surface area contributed by atoms with E-state index in [-0.39, 0.29) is 5.91 Å². The summed E-state index contributed by atoms with van der Waals surface area (Å²) in [4.78, 5) is 14.3. The van der Waals surface area contributed by atoms with Crippen LogP contribution in [0.5, 0.6) is 0 Å². The summed E-state index contributed by atoms with van der Waals surface area (Å²) in [7, 11) is 0. The zero-order valence-electron chi connectivity index (χ0n) is 9.79. The van der Waals surface area contributed by atoms with Gasteiger partial charge in [-0.15, -0.1) is 0 Å². The highest BCUT2D eigenvalue weighted by Gasteiger charge is 2.05. The Morgan fingerprint density at radius 3 is 2.69 bits per heavy atom. The normalized spacial score (nSPS) is 11.0. The quantitative estimate of drug-likeness (QED) is 0.795. The largest absolute Gasteiger partial charge is 0.358 e. The molecule has 0 aliphatic heterocycles. The average Bonchev–Trinajstić information content (AvgIpc) is 2.59. The molecule has 0 atom stereocenters. The van der Waals surface area contributed by atoms with Gasteiger partial charge in [-0.3, -0.25) is 4.79 Å². The lowest BCUT2D eigenvalue weighted by Crippen LogP contribution is -2.05. The van der Waals surface area contributed by atoms with Crippen LogP contribution in [0.3, 0.4) is 0 Å². The lowest BCUT2D eigenvalue weighted by molar-refractivity contribution is -0.114. The molecule has 2 rings (SSSR count). The van der Waals surface area contributed by atoms with Gasteiger partial charge in [-0.1, -0.05) is 13.8 Å². The smallest absolute Gasteiger partial charge is 0.221 e. The third-order valence-corrected chi connectivity index (χ3v) is 2.58. The van der Waals surface area contributed by atoms with E-state index in [1.165, 1.54) is 12.6 Å². The summed E-state index contributed by atoms with van der Waals surface area (Å²) in [5, 5.41) is 3.92. The van der Waals surface area contributed by atoms with E-state index in [1.807, 2.05) is 18.2 Å². The first-order chi connectivity index (χ1) is 7.56. The molecule has 0 aliphatic rings. The molecule has 1 aromatic carbocycles. The molecule has 2 aromatic rings. The van der Waals surface area contributed by atoms with E-state index < -0.39 is 0 Å². The van der Waals surface area contributed by atoms with Crippen molar-refractivity contribution in [2.24, 2.45) is 0 Å². The molecule has 0 unspecified atom stereocenters. The Kier molecular flexibility index (Phi) is 2.69. The van der Waals surface area contributed by atoms with Crippen LogP contribution in [-0.4, -0.2) is 10.9 Å². The minimum absolute atomic E-state index is 0.0426. The Morgan fingerprint density at radius 2 is 2.06 bits per heavy atom. The van der Waals surface area contributed by atoms with Crippen LogP contribution in [0.25, 0.3) is 10.9 Å². The van der Waals surface area contributed by atoms with E-state index in [0.717, 1.165) is 16.6 Å².